The molecule has 0 spiro atoms. The summed E-state index contributed by atoms with van der Waals surface area (Å²) in [7, 11) is 0. The minimum Gasteiger partial charge on any atom is -0.279 e. The largest absolute Gasteiger partial charge is 0.337 e. The summed E-state index contributed by atoms with van der Waals surface area (Å²) in [5.41, 5.74) is -0.977. The lowest BCUT2D eigenvalue weighted by molar-refractivity contribution is 0.510. The van der Waals surface area contributed by atoms with E-state index in [1.54, 1.807) is 19.2 Å². The molecule has 0 bridgehead atoms. The quantitative estimate of drug-likeness (QED) is 0.255. The number of terminal acetylenes is 1. The molecule has 0 aliphatic heterocycles. The highest BCUT2D eigenvalue weighted by Crippen LogP contribution is 2.30. The van der Waals surface area contributed by atoms with Crippen molar-refractivity contribution in [1.82, 2.24) is 34.1 Å². The molecule has 1 aromatic carbocycles. The highest BCUT2D eigenvalue weighted by Gasteiger charge is 2.26. The third-order valence-electron chi connectivity index (χ3n) is 5.46. The van der Waals surface area contributed by atoms with Crippen molar-refractivity contribution in [2.45, 2.75) is 13.5 Å². The number of halogens is 4. The Morgan fingerprint density at radius 2 is 1.81 bits per heavy atom. The molecule has 0 unspecified atom stereocenters. The second kappa shape index (κ2) is 9.24. The first-order chi connectivity index (χ1) is 17.7. The summed E-state index contributed by atoms with van der Waals surface area (Å²) in [5, 5.41) is 7.87. The van der Waals surface area contributed by atoms with Crippen molar-refractivity contribution in [2.24, 2.45) is 0 Å². The molecule has 0 amide bonds. The Morgan fingerprint density at radius 3 is 2.51 bits per heavy atom. The molecule has 13 heteroatoms. The van der Waals surface area contributed by atoms with Gasteiger partial charge in [0.1, 0.15) is 10.7 Å². The fourth-order valence-corrected chi connectivity index (χ4v) is 4.15. The maximum absolute atomic E-state index is 14.2. The third kappa shape index (κ3) is 4.06. The van der Waals surface area contributed by atoms with E-state index in [9.17, 15) is 18.4 Å². The lowest BCUT2D eigenvalue weighted by atomic mass is 10.1. The first kappa shape index (κ1) is 24.3. The zero-order valence-corrected chi connectivity index (χ0v) is 20.3. The van der Waals surface area contributed by atoms with E-state index in [0.29, 0.717) is 5.56 Å². The molecule has 5 aromatic rings. The third-order valence-corrected chi connectivity index (χ3v) is 6.15. The molecule has 0 saturated heterocycles. The van der Waals surface area contributed by atoms with Crippen molar-refractivity contribution in [3.63, 3.8) is 0 Å². The van der Waals surface area contributed by atoms with Crippen LogP contribution in [0.25, 0.3) is 33.7 Å². The number of hydrogen-bond donors (Lipinski definition) is 0. The van der Waals surface area contributed by atoms with Crippen LogP contribution in [0.2, 0.25) is 10.2 Å². The Morgan fingerprint density at radius 1 is 1.05 bits per heavy atom. The molecular weight excluding hydrogens is 527 g/mol. The van der Waals surface area contributed by atoms with Crippen LogP contribution in [0, 0.1) is 30.9 Å². The van der Waals surface area contributed by atoms with Gasteiger partial charge in [0.2, 0.25) is 0 Å². The number of hydrogen-bond acceptors (Lipinski definition) is 6. The molecule has 9 nitrogen and oxygen atoms in total. The van der Waals surface area contributed by atoms with Crippen molar-refractivity contribution in [3.8, 4) is 35.0 Å². The molecule has 4 aromatic heterocycles. The van der Waals surface area contributed by atoms with Gasteiger partial charge in [0.05, 0.1) is 34.7 Å². The van der Waals surface area contributed by atoms with Crippen LogP contribution >= 0.6 is 23.2 Å². The molecule has 37 heavy (non-hydrogen) atoms. The number of pyridine rings is 2. The number of aromatic nitrogens is 7. The second-order valence-corrected chi connectivity index (χ2v) is 8.65. The van der Waals surface area contributed by atoms with Crippen LogP contribution < -0.4 is 11.2 Å². The summed E-state index contributed by atoms with van der Waals surface area (Å²) in [4.78, 5) is 35.8. The van der Waals surface area contributed by atoms with Gasteiger partial charge in [0.15, 0.2) is 17.3 Å². The lowest BCUT2D eigenvalue weighted by Gasteiger charge is -2.18. The minimum absolute atomic E-state index is 0.0132. The molecule has 0 fully saturated rings. The minimum atomic E-state index is -1.19. The number of fused-ring (bicyclic) bond motifs is 1. The van der Waals surface area contributed by atoms with E-state index in [4.69, 9.17) is 29.6 Å². The van der Waals surface area contributed by atoms with Crippen LogP contribution in [0.15, 0.2) is 52.4 Å². The van der Waals surface area contributed by atoms with E-state index in [2.05, 4.69) is 26.2 Å². The van der Waals surface area contributed by atoms with Crippen LogP contribution in [-0.2, 0) is 6.54 Å². The van der Waals surface area contributed by atoms with E-state index < -0.39 is 22.9 Å². The van der Waals surface area contributed by atoms with Gasteiger partial charge in [-0.3, -0.25) is 14.3 Å². The summed E-state index contributed by atoms with van der Waals surface area (Å²) in [6.45, 7) is 1.46. The van der Waals surface area contributed by atoms with E-state index in [-0.39, 0.29) is 50.4 Å². The number of benzene rings is 1. The van der Waals surface area contributed by atoms with Crippen LogP contribution in [0.1, 0.15) is 5.56 Å². The van der Waals surface area contributed by atoms with Crippen molar-refractivity contribution in [1.29, 1.82) is 0 Å². The van der Waals surface area contributed by atoms with Crippen molar-refractivity contribution in [2.75, 3.05) is 0 Å². The molecule has 4 heterocycles. The van der Waals surface area contributed by atoms with Gasteiger partial charge in [-0.05, 0) is 24.6 Å². The molecule has 0 atom stereocenters. The second-order valence-electron chi connectivity index (χ2n) is 7.88. The molecular formula is C24H13Cl2F2N7O2. The molecule has 0 aliphatic carbocycles. The van der Waals surface area contributed by atoms with Crippen LogP contribution in [0.4, 0.5) is 8.78 Å². The van der Waals surface area contributed by atoms with Crippen LogP contribution in [0.3, 0.4) is 0 Å². The van der Waals surface area contributed by atoms with E-state index >= 15 is 0 Å². The van der Waals surface area contributed by atoms with E-state index in [1.165, 1.54) is 18.5 Å². The summed E-state index contributed by atoms with van der Waals surface area (Å²) >= 11 is 12.2. The monoisotopic (exact) mass is 539 g/mol. The Bertz CT molecular complexity index is 1890. The van der Waals surface area contributed by atoms with Gasteiger partial charge in [-0.25, -0.2) is 27.8 Å². The number of rotatable bonds is 4. The number of nitrogens with zero attached hydrogens (tertiary/aromatic N) is 7. The predicted molar refractivity (Wildman–Crippen MR) is 133 cm³/mol. The van der Waals surface area contributed by atoms with Gasteiger partial charge >= 0.3 is 5.69 Å². The summed E-state index contributed by atoms with van der Waals surface area (Å²) in [6, 6.07) is 4.65. The topological polar surface area (TPSA) is 100 Å². The van der Waals surface area contributed by atoms with E-state index in [1.807, 2.05) is 0 Å². The zero-order chi connectivity index (χ0) is 26.4. The Balaban J connectivity index is 2.00. The maximum atomic E-state index is 14.2. The average molecular weight is 540 g/mol. The van der Waals surface area contributed by atoms with Gasteiger partial charge in [-0.15, -0.1) is 11.5 Å². The van der Waals surface area contributed by atoms with Crippen LogP contribution in [0.5, 0.6) is 0 Å². The first-order valence-corrected chi connectivity index (χ1v) is 11.2. The van der Waals surface area contributed by atoms with Gasteiger partial charge < -0.3 is 0 Å². The lowest BCUT2D eigenvalue weighted by Crippen LogP contribution is -2.42. The Labute approximate surface area is 216 Å². The fraction of sp³-hybridized carbons (Fsp3) is 0.0833. The van der Waals surface area contributed by atoms with Gasteiger partial charge in [-0.2, -0.15) is 0 Å². The van der Waals surface area contributed by atoms with Crippen LogP contribution in [-0.4, -0.2) is 34.1 Å². The van der Waals surface area contributed by atoms with Gasteiger partial charge in [0, 0.05) is 30.1 Å². The maximum Gasteiger partial charge on any atom is 0.337 e. The first-order valence-electron chi connectivity index (χ1n) is 10.5. The Hall–Kier alpha value is -4.40. The summed E-state index contributed by atoms with van der Waals surface area (Å²) in [6.07, 6.45) is 9.74. The van der Waals surface area contributed by atoms with Crippen molar-refractivity contribution in [3.05, 3.63) is 91.1 Å². The highest BCUT2D eigenvalue weighted by molar-refractivity contribution is 6.41. The Kier molecular flexibility index (Phi) is 6.07. The SMILES string of the molecule is C#CCn1c(-c2cnc(Cl)c(Cl)c2)c(-n2nnc3cc(F)c(F)cc32)c(=O)n(-c2cncc(C)c2)c1=O. The van der Waals surface area contributed by atoms with Crippen molar-refractivity contribution >= 4 is 34.2 Å². The zero-order valence-electron chi connectivity index (χ0n) is 18.8. The van der Waals surface area contributed by atoms with Gasteiger partial charge in [-0.1, -0.05) is 34.3 Å². The molecule has 5 rings (SSSR count). The predicted octanol–water partition coefficient (Wildman–Crippen LogP) is 3.72. The number of aryl methyl sites for hydroxylation is 1. The molecule has 0 aliphatic rings. The average Bonchev–Trinajstić information content (AvgIpc) is 3.25. The summed E-state index contributed by atoms with van der Waals surface area (Å²) < 4.78 is 31.1. The smallest absolute Gasteiger partial charge is 0.279 e. The standard InChI is InChI=1S/C24H13Cl2F2N7O2/c1-3-4-33-20(13-6-15(25)22(26)30-10-13)21(35-19-8-17(28)16(27)7-18(19)31-32-35)23(36)34(24(33)37)14-5-12(2)9-29-11-14/h1,5-11H,4H2,2H3. The normalized spacial score (nSPS) is 11.1. The van der Waals surface area contributed by atoms with E-state index in [0.717, 1.165) is 25.9 Å². The molecule has 184 valence electrons. The fourth-order valence-electron chi connectivity index (χ4n) is 3.88. The molecule has 0 N–H and O–H groups in total. The highest BCUT2D eigenvalue weighted by atomic mass is 35.5. The molecule has 0 radical (unpaired) electrons. The van der Waals surface area contributed by atoms with Crippen molar-refractivity contribution < 1.29 is 8.78 Å². The van der Waals surface area contributed by atoms with Gasteiger partial charge in [0.25, 0.3) is 5.56 Å². The summed E-state index contributed by atoms with van der Waals surface area (Å²) in [5.74, 6) is 0.0638. The molecule has 0 saturated carbocycles.